The van der Waals surface area contributed by atoms with Crippen LogP contribution in [-0.2, 0) is 6.42 Å². The van der Waals surface area contributed by atoms with Crippen molar-refractivity contribution in [1.29, 1.82) is 0 Å². The molecule has 0 heterocycles. The predicted molar refractivity (Wildman–Crippen MR) is 82.9 cm³/mol. The maximum absolute atomic E-state index is 13.0. The first-order valence-electron chi connectivity index (χ1n) is 7.84. The molecule has 1 aliphatic rings. The number of halogens is 1. The van der Waals surface area contributed by atoms with E-state index in [-0.39, 0.29) is 5.82 Å². The maximum atomic E-state index is 13.0. The SMILES string of the molecule is CC(C)(C)C1CCC(CN)C(Cc2ccc(F)cc2)C1. The molecule has 1 saturated carbocycles. The van der Waals surface area contributed by atoms with Gasteiger partial charge in [0.25, 0.3) is 0 Å². The van der Waals surface area contributed by atoms with Crippen LogP contribution in [0.2, 0.25) is 0 Å². The molecule has 3 atom stereocenters. The molecule has 0 aliphatic heterocycles. The van der Waals surface area contributed by atoms with Crippen LogP contribution >= 0.6 is 0 Å². The third-order valence-electron chi connectivity index (χ3n) is 5.08. The van der Waals surface area contributed by atoms with Gasteiger partial charge in [-0.1, -0.05) is 32.9 Å². The van der Waals surface area contributed by atoms with Gasteiger partial charge >= 0.3 is 0 Å². The molecule has 20 heavy (non-hydrogen) atoms. The van der Waals surface area contributed by atoms with E-state index in [0.29, 0.717) is 17.3 Å². The van der Waals surface area contributed by atoms with Gasteiger partial charge in [-0.3, -0.25) is 0 Å². The normalized spacial score (nSPS) is 27.6. The predicted octanol–water partition coefficient (Wildman–Crippen LogP) is 4.41. The smallest absolute Gasteiger partial charge is 0.123 e. The molecule has 0 saturated heterocycles. The number of hydrogen-bond donors (Lipinski definition) is 1. The van der Waals surface area contributed by atoms with Crippen molar-refractivity contribution in [2.45, 2.75) is 46.5 Å². The van der Waals surface area contributed by atoms with E-state index in [2.05, 4.69) is 20.8 Å². The fourth-order valence-corrected chi connectivity index (χ4v) is 3.60. The molecule has 0 amide bonds. The van der Waals surface area contributed by atoms with Crippen molar-refractivity contribution in [3.63, 3.8) is 0 Å². The topological polar surface area (TPSA) is 26.0 Å². The minimum Gasteiger partial charge on any atom is -0.330 e. The summed E-state index contributed by atoms with van der Waals surface area (Å²) in [5.41, 5.74) is 7.58. The average molecular weight is 277 g/mol. The highest BCUT2D eigenvalue weighted by atomic mass is 19.1. The largest absolute Gasteiger partial charge is 0.330 e. The zero-order valence-electron chi connectivity index (χ0n) is 13.0. The van der Waals surface area contributed by atoms with Crippen molar-refractivity contribution in [2.24, 2.45) is 28.9 Å². The molecule has 1 aliphatic carbocycles. The zero-order valence-corrected chi connectivity index (χ0v) is 13.0. The third kappa shape index (κ3) is 3.82. The summed E-state index contributed by atoms with van der Waals surface area (Å²) in [7, 11) is 0. The average Bonchev–Trinajstić information content (AvgIpc) is 2.40. The molecule has 0 bridgehead atoms. The summed E-state index contributed by atoms with van der Waals surface area (Å²) >= 11 is 0. The summed E-state index contributed by atoms with van der Waals surface area (Å²) in [5.74, 6) is 1.89. The van der Waals surface area contributed by atoms with Crippen LogP contribution in [-0.4, -0.2) is 6.54 Å². The number of hydrogen-bond acceptors (Lipinski definition) is 1. The van der Waals surface area contributed by atoms with Crippen LogP contribution in [0.25, 0.3) is 0 Å². The van der Waals surface area contributed by atoms with Gasteiger partial charge in [-0.25, -0.2) is 4.39 Å². The molecule has 0 radical (unpaired) electrons. The molecule has 112 valence electrons. The lowest BCUT2D eigenvalue weighted by atomic mass is 9.64. The Morgan fingerprint density at radius 2 is 1.75 bits per heavy atom. The van der Waals surface area contributed by atoms with Crippen molar-refractivity contribution < 1.29 is 4.39 Å². The van der Waals surface area contributed by atoms with E-state index in [1.807, 2.05) is 12.1 Å². The van der Waals surface area contributed by atoms with Crippen molar-refractivity contribution in [3.05, 3.63) is 35.6 Å². The van der Waals surface area contributed by atoms with E-state index in [1.165, 1.54) is 24.8 Å². The summed E-state index contributed by atoms with van der Waals surface area (Å²) in [6, 6.07) is 6.97. The molecule has 1 aromatic carbocycles. The Bertz CT molecular complexity index is 418. The Balaban J connectivity index is 2.07. The number of nitrogens with two attached hydrogens (primary N) is 1. The summed E-state index contributed by atoms with van der Waals surface area (Å²) < 4.78 is 13.0. The molecule has 1 nitrogen and oxygen atoms in total. The molecule has 1 fully saturated rings. The fraction of sp³-hybridized carbons (Fsp3) is 0.667. The van der Waals surface area contributed by atoms with Gasteiger partial charge in [0.2, 0.25) is 0 Å². The first kappa shape index (κ1) is 15.5. The van der Waals surface area contributed by atoms with Gasteiger partial charge in [-0.2, -0.15) is 0 Å². The monoisotopic (exact) mass is 277 g/mol. The van der Waals surface area contributed by atoms with Gasteiger partial charge in [0.1, 0.15) is 5.82 Å². The highest BCUT2D eigenvalue weighted by Crippen LogP contribution is 2.43. The molecular formula is C18H28FN. The standard InChI is InChI=1S/C18H28FN/c1-18(2,3)16-7-6-14(12-20)15(11-16)10-13-4-8-17(19)9-5-13/h4-5,8-9,14-16H,6-7,10-12,20H2,1-3H3. The molecule has 2 heteroatoms. The first-order valence-corrected chi connectivity index (χ1v) is 7.84. The summed E-state index contributed by atoms with van der Waals surface area (Å²) in [6.07, 6.45) is 4.83. The number of benzene rings is 1. The molecular weight excluding hydrogens is 249 g/mol. The van der Waals surface area contributed by atoms with Crippen molar-refractivity contribution in [3.8, 4) is 0 Å². The van der Waals surface area contributed by atoms with Gasteiger partial charge in [0.05, 0.1) is 0 Å². The van der Waals surface area contributed by atoms with Gasteiger partial charge in [-0.05, 0) is 73.1 Å². The Morgan fingerprint density at radius 1 is 1.10 bits per heavy atom. The van der Waals surface area contributed by atoms with Gasteiger partial charge in [0.15, 0.2) is 0 Å². The second-order valence-electron chi connectivity index (χ2n) is 7.46. The second-order valence-corrected chi connectivity index (χ2v) is 7.46. The molecule has 2 N–H and O–H groups in total. The fourth-order valence-electron chi connectivity index (χ4n) is 3.60. The quantitative estimate of drug-likeness (QED) is 0.870. The van der Waals surface area contributed by atoms with E-state index in [4.69, 9.17) is 5.73 Å². The Labute approximate surface area is 122 Å². The Hall–Kier alpha value is -0.890. The molecule has 0 spiro atoms. The minimum absolute atomic E-state index is 0.152. The molecule has 1 aromatic rings. The van der Waals surface area contributed by atoms with E-state index < -0.39 is 0 Å². The molecule has 0 aromatic heterocycles. The lowest BCUT2D eigenvalue weighted by Gasteiger charge is -2.41. The van der Waals surface area contributed by atoms with Gasteiger partial charge in [-0.15, -0.1) is 0 Å². The highest BCUT2D eigenvalue weighted by molar-refractivity contribution is 5.17. The Morgan fingerprint density at radius 3 is 2.30 bits per heavy atom. The van der Waals surface area contributed by atoms with Crippen LogP contribution < -0.4 is 5.73 Å². The van der Waals surface area contributed by atoms with E-state index >= 15 is 0 Å². The maximum Gasteiger partial charge on any atom is 0.123 e. The second kappa shape index (κ2) is 6.26. The lowest BCUT2D eigenvalue weighted by Crippen LogP contribution is -2.36. The van der Waals surface area contributed by atoms with Crippen molar-refractivity contribution >= 4 is 0 Å². The van der Waals surface area contributed by atoms with Crippen molar-refractivity contribution in [1.82, 2.24) is 0 Å². The van der Waals surface area contributed by atoms with Crippen LogP contribution in [0, 0.1) is 29.0 Å². The Kier molecular flexibility index (Phi) is 4.85. The first-order chi connectivity index (χ1) is 9.40. The van der Waals surface area contributed by atoms with Gasteiger partial charge < -0.3 is 5.73 Å². The van der Waals surface area contributed by atoms with Gasteiger partial charge in [0, 0.05) is 0 Å². The van der Waals surface area contributed by atoms with E-state index in [9.17, 15) is 4.39 Å². The third-order valence-corrected chi connectivity index (χ3v) is 5.08. The van der Waals surface area contributed by atoms with E-state index in [0.717, 1.165) is 18.9 Å². The summed E-state index contributed by atoms with van der Waals surface area (Å²) in [6.45, 7) is 7.81. The molecule has 3 unspecified atom stereocenters. The van der Waals surface area contributed by atoms with Crippen molar-refractivity contribution in [2.75, 3.05) is 6.54 Å². The lowest BCUT2D eigenvalue weighted by molar-refractivity contribution is 0.101. The molecule has 2 rings (SSSR count). The summed E-state index contributed by atoms with van der Waals surface area (Å²) in [4.78, 5) is 0. The van der Waals surface area contributed by atoms with Crippen LogP contribution in [0.3, 0.4) is 0 Å². The number of rotatable bonds is 3. The van der Waals surface area contributed by atoms with Crippen LogP contribution in [0.4, 0.5) is 4.39 Å². The van der Waals surface area contributed by atoms with Crippen LogP contribution in [0.15, 0.2) is 24.3 Å². The van der Waals surface area contributed by atoms with E-state index in [1.54, 1.807) is 12.1 Å². The highest BCUT2D eigenvalue weighted by Gasteiger charge is 2.35. The zero-order chi connectivity index (χ0) is 14.8. The minimum atomic E-state index is -0.152. The van der Waals surface area contributed by atoms with Crippen LogP contribution in [0.5, 0.6) is 0 Å². The van der Waals surface area contributed by atoms with Crippen LogP contribution in [0.1, 0.15) is 45.6 Å². The summed E-state index contributed by atoms with van der Waals surface area (Å²) in [5, 5.41) is 0.